The zero-order valence-electron chi connectivity index (χ0n) is 14.5. The number of hydrazine groups is 1. The van der Waals surface area contributed by atoms with Gasteiger partial charge in [-0.3, -0.25) is 20.6 Å². The molecule has 0 unspecified atom stereocenters. The molecule has 3 aromatic rings. The summed E-state index contributed by atoms with van der Waals surface area (Å²) in [6, 6.07) is 14.8. The van der Waals surface area contributed by atoms with E-state index in [1.165, 1.54) is 30.3 Å². The topological polar surface area (TPSA) is 63.2 Å². The third kappa shape index (κ3) is 5.00. The molecule has 1 heterocycles. The van der Waals surface area contributed by atoms with Crippen LogP contribution >= 0.6 is 0 Å². The van der Waals surface area contributed by atoms with Crippen LogP contribution in [0.4, 0.5) is 18.9 Å². The number of pyridine rings is 1. The summed E-state index contributed by atoms with van der Waals surface area (Å²) in [5.74, 6) is -0.0217. The highest BCUT2D eigenvalue weighted by Crippen LogP contribution is 2.34. The molecule has 8 heteroatoms. The second-order valence-electron chi connectivity index (χ2n) is 5.80. The number of rotatable bonds is 6. The monoisotopic (exact) mass is 387 g/mol. The fourth-order valence-corrected chi connectivity index (χ4v) is 2.39. The molecule has 28 heavy (non-hydrogen) atoms. The molecule has 5 nitrogen and oxygen atoms in total. The molecular formula is C20H16F3N3O2. The average molecular weight is 387 g/mol. The van der Waals surface area contributed by atoms with Crippen molar-refractivity contribution in [2.24, 2.45) is 0 Å². The lowest BCUT2D eigenvalue weighted by molar-refractivity contribution is -0.137. The summed E-state index contributed by atoms with van der Waals surface area (Å²) in [6.07, 6.45) is -1.17. The zero-order chi connectivity index (χ0) is 20.0. The van der Waals surface area contributed by atoms with Crippen molar-refractivity contribution in [3.8, 4) is 5.75 Å². The van der Waals surface area contributed by atoms with Gasteiger partial charge in [0, 0.05) is 23.5 Å². The van der Waals surface area contributed by atoms with Gasteiger partial charge in [0.1, 0.15) is 12.4 Å². The Bertz CT molecular complexity index is 929. The van der Waals surface area contributed by atoms with Crippen molar-refractivity contribution in [1.29, 1.82) is 0 Å². The summed E-state index contributed by atoms with van der Waals surface area (Å²) in [5.41, 5.74) is 4.66. The number of anilines is 1. The van der Waals surface area contributed by atoms with E-state index >= 15 is 0 Å². The summed E-state index contributed by atoms with van der Waals surface area (Å²) in [6.45, 7) is 0.329. The molecule has 0 saturated carbocycles. The van der Waals surface area contributed by atoms with Gasteiger partial charge in [0.2, 0.25) is 0 Å². The lowest BCUT2D eigenvalue weighted by atomic mass is 10.2. The highest BCUT2D eigenvalue weighted by Gasteiger charge is 2.33. The minimum atomic E-state index is -4.53. The molecule has 0 aliphatic carbocycles. The quantitative estimate of drug-likeness (QED) is 0.614. The minimum absolute atomic E-state index is 0.236. The van der Waals surface area contributed by atoms with E-state index in [1.807, 2.05) is 6.07 Å². The smallest absolute Gasteiger partial charge is 0.418 e. The first-order valence-corrected chi connectivity index (χ1v) is 8.28. The number of halogens is 3. The van der Waals surface area contributed by atoms with Crippen molar-refractivity contribution >= 4 is 11.6 Å². The van der Waals surface area contributed by atoms with E-state index in [9.17, 15) is 18.0 Å². The number of para-hydroxylation sites is 1. The molecule has 0 aliphatic heterocycles. The van der Waals surface area contributed by atoms with Crippen molar-refractivity contribution in [3.05, 3.63) is 89.7 Å². The van der Waals surface area contributed by atoms with E-state index < -0.39 is 17.6 Å². The number of aromatic nitrogens is 1. The third-order valence-corrected chi connectivity index (χ3v) is 3.79. The Balaban J connectivity index is 1.58. The number of nitrogens with one attached hydrogen (secondary N) is 2. The van der Waals surface area contributed by atoms with Crippen LogP contribution in [0, 0.1) is 0 Å². The first-order chi connectivity index (χ1) is 13.4. The Kier molecular flexibility index (Phi) is 5.78. The maximum atomic E-state index is 13.0. The molecule has 144 valence electrons. The van der Waals surface area contributed by atoms with Gasteiger partial charge in [-0.1, -0.05) is 18.2 Å². The highest BCUT2D eigenvalue weighted by atomic mass is 19.4. The summed E-state index contributed by atoms with van der Waals surface area (Å²) in [7, 11) is 0. The number of alkyl halides is 3. The predicted molar refractivity (Wildman–Crippen MR) is 97.5 cm³/mol. The SMILES string of the molecule is O=C(NNc1ccccc1C(F)(F)F)c1ccc(OCc2cccnc2)cc1. The van der Waals surface area contributed by atoms with Crippen LogP contribution in [0.3, 0.4) is 0 Å². The van der Waals surface area contributed by atoms with Crippen molar-refractivity contribution in [2.75, 3.05) is 5.43 Å². The second-order valence-corrected chi connectivity index (χ2v) is 5.80. The zero-order valence-corrected chi connectivity index (χ0v) is 14.5. The fourth-order valence-electron chi connectivity index (χ4n) is 2.39. The van der Waals surface area contributed by atoms with E-state index in [2.05, 4.69) is 15.8 Å². The Morgan fingerprint density at radius 1 is 1.00 bits per heavy atom. The molecule has 2 N–H and O–H groups in total. The summed E-state index contributed by atoms with van der Waals surface area (Å²) in [4.78, 5) is 16.2. The Morgan fingerprint density at radius 2 is 1.75 bits per heavy atom. The number of benzene rings is 2. The number of carbonyl (C=O) groups is 1. The molecule has 0 saturated heterocycles. The molecule has 0 bridgehead atoms. The van der Waals surface area contributed by atoms with Crippen molar-refractivity contribution in [3.63, 3.8) is 0 Å². The fraction of sp³-hybridized carbons (Fsp3) is 0.100. The molecule has 0 aliphatic rings. The van der Waals surface area contributed by atoms with Gasteiger partial charge in [-0.25, -0.2) is 0 Å². The Morgan fingerprint density at radius 3 is 2.43 bits per heavy atom. The Labute approximate surface area is 159 Å². The van der Waals surface area contributed by atoms with Gasteiger partial charge in [-0.15, -0.1) is 0 Å². The first kappa shape index (κ1) is 19.2. The van der Waals surface area contributed by atoms with Crippen LogP contribution in [-0.2, 0) is 12.8 Å². The van der Waals surface area contributed by atoms with Gasteiger partial charge in [-0.05, 0) is 42.5 Å². The van der Waals surface area contributed by atoms with Crippen LogP contribution in [0.5, 0.6) is 5.75 Å². The number of nitrogens with zero attached hydrogens (tertiary/aromatic N) is 1. The maximum absolute atomic E-state index is 13.0. The number of carbonyl (C=O) groups excluding carboxylic acids is 1. The van der Waals surface area contributed by atoms with Gasteiger partial charge in [0.05, 0.1) is 11.3 Å². The second kappa shape index (κ2) is 8.43. The van der Waals surface area contributed by atoms with E-state index in [4.69, 9.17) is 4.74 Å². The molecule has 3 rings (SSSR count). The molecule has 0 fully saturated rings. The lowest BCUT2D eigenvalue weighted by Gasteiger charge is -2.15. The van der Waals surface area contributed by atoms with Gasteiger partial charge in [-0.2, -0.15) is 13.2 Å². The Hall–Kier alpha value is -3.55. The van der Waals surface area contributed by atoms with E-state index in [1.54, 1.807) is 30.6 Å². The van der Waals surface area contributed by atoms with Crippen LogP contribution in [0.25, 0.3) is 0 Å². The molecule has 1 amide bonds. The molecule has 0 atom stereocenters. The predicted octanol–water partition coefficient (Wildman–Crippen LogP) is 4.44. The van der Waals surface area contributed by atoms with E-state index in [0.717, 1.165) is 11.6 Å². The molecular weight excluding hydrogens is 371 g/mol. The van der Waals surface area contributed by atoms with Gasteiger partial charge in [0.25, 0.3) is 5.91 Å². The van der Waals surface area contributed by atoms with Crippen LogP contribution in [0.15, 0.2) is 73.1 Å². The maximum Gasteiger partial charge on any atom is 0.418 e. The van der Waals surface area contributed by atoms with Crippen molar-refractivity contribution < 1.29 is 22.7 Å². The number of ether oxygens (including phenoxy) is 1. The van der Waals surface area contributed by atoms with Crippen LogP contribution in [0.2, 0.25) is 0 Å². The lowest BCUT2D eigenvalue weighted by Crippen LogP contribution is -2.30. The number of hydrogen-bond donors (Lipinski definition) is 2. The first-order valence-electron chi connectivity index (χ1n) is 8.28. The molecule has 0 spiro atoms. The summed E-state index contributed by atoms with van der Waals surface area (Å²) in [5, 5.41) is 0. The van der Waals surface area contributed by atoms with Crippen LogP contribution in [0.1, 0.15) is 21.5 Å². The normalized spacial score (nSPS) is 11.0. The minimum Gasteiger partial charge on any atom is -0.489 e. The molecule has 2 aromatic carbocycles. The van der Waals surface area contributed by atoms with Crippen LogP contribution in [-0.4, -0.2) is 10.9 Å². The van der Waals surface area contributed by atoms with Gasteiger partial charge >= 0.3 is 6.18 Å². The average Bonchev–Trinajstić information content (AvgIpc) is 2.71. The summed E-state index contributed by atoms with van der Waals surface area (Å²) < 4.78 is 44.5. The van der Waals surface area contributed by atoms with E-state index in [-0.39, 0.29) is 11.3 Å². The largest absolute Gasteiger partial charge is 0.489 e. The molecule has 1 aromatic heterocycles. The standard InChI is InChI=1S/C20H16F3N3O2/c21-20(22,23)17-5-1-2-6-18(17)25-26-19(27)15-7-9-16(10-8-15)28-13-14-4-3-11-24-12-14/h1-12,25H,13H2,(H,26,27). The summed E-state index contributed by atoms with van der Waals surface area (Å²) >= 11 is 0. The third-order valence-electron chi connectivity index (χ3n) is 3.79. The van der Waals surface area contributed by atoms with E-state index in [0.29, 0.717) is 12.4 Å². The van der Waals surface area contributed by atoms with Crippen molar-refractivity contribution in [1.82, 2.24) is 10.4 Å². The van der Waals surface area contributed by atoms with Gasteiger partial charge < -0.3 is 4.74 Å². The van der Waals surface area contributed by atoms with Crippen LogP contribution < -0.4 is 15.6 Å². The highest BCUT2D eigenvalue weighted by molar-refractivity contribution is 5.95. The number of amides is 1. The molecule has 0 radical (unpaired) electrons. The van der Waals surface area contributed by atoms with Crippen molar-refractivity contribution in [2.45, 2.75) is 12.8 Å². The van der Waals surface area contributed by atoms with Gasteiger partial charge in [0.15, 0.2) is 0 Å². The number of hydrogen-bond acceptors (Lipinski definition) is 4.